The van der Waals surface area contributed by atoms with Crippen molar-refractivity contribution in [2.24, 2.45) is 11.3 Å². The summed E-state index contributed by atoms with van der Waals surface area (Å²) in [5.41, 5.74) is -0.480. The van der Waals surface area contributed by atoms with Gasteiger partial charge >= 0.3 is 11.9 Å². The molecule has 3 rings (SSSR count). The minimum absolute atomic E-state index is 0.103. The minimum Gasteiger partial charge on any atom is -0.481 e. The van der Waals surface area contributed by atoms with E-state index in [4.69, 9.17) is 4.74 Å². The second kappa shape index (κ2) is 5.90. The largest absolute Gasteiger partial charge is 0.481 e. The molecule has 7 heteroatoms. The number of amides is 1. The molecule has 0 spiro atoms. The molecule has 2 heterocycles. The monoisotopic (exact) mass is 332 g/mol. The first-order valence-electron chi connectivity index (χ1n) is 7.77. The first-order chi connectivity index (χ1) is 11.4. The van der Waals surface area contributed by atoms with Gasteiger partial charge in [0.05, 0.1) is 18.2 Å². The molecule has 128 valence electrons. The first kappa shape index (κ1) is 16.4. The number of likely N-dealkylation sites (tertiary alicyclic amines) is 2. The number of carboxylic acid groups (broad SMARTS) is 1. The summed E-state index contributed by atoms with van der Waals surface area (Å²) in [5.74, 6) is -1.87. The molecule has 2 aliphatic rings. The van der Waals surface area contributed by atoms with Gasteiger partial charge in [0.1, 0.15) is 5.41 Å². The smallest absolute Gasteiger partial charge is 0.338 e. The maximum Gasteiger partial charge on any atom is 0.338 e. The van der Waals surface area contributed by atoms with Crippen molar-refractivity contribution in [3.63, 3.8) is 0 Å². The van der Waals surface area contributed by atoms with Gasteiger partial charge in [0, 0.05) is 32.1 Å². The molecule has 0 radical (unpaired) electrons. The van der Waals surface area contributed by atoms with Crippen LogP contribution >= 0.6 is 0 Å². The van der Waals surface area contributed by atoms with Crippen LogP contribution in [-0.2, 0) is 9.53 Å². The lowest BCUT2D eigenvalue weighted by atomic mass is 9.81. The Morgan fingerprint density at radius 1 is 1.17 bits per heavy atom. The van der Waals surface area contributed by atoms with Crippen LogP contribution in [0.15, 0.2) is 24.3 Å². The summed E-state index contributed by atoms with van der Waals surface area (Å²) >= 11 is 0. The first-order valence-corrected chi connectivity index (χ1v) is 7.77. The lowest BCUT2D eigenvalue weighted by molar-refractivity contribution is -0.148. The molecule has 0 saturated carbocycles. The van der Waals surface area contributed by atoms with Gasteiger partial charge in [-0.2, -0.15) is 0 Å². The van der Waals surface area contributed by atoms with Crippen LogP contribution in [0, 0.1) is 11.3 Å². The highest BCUT2D eigenvalue weighted by atomic mass is 16.5. The summed E-state index contributed by atoms with van der Waals surface area (Å²) in [5, 5.41) is 9.70. The highest BCUT2D eigenvalue weighted by Crippen LogP contribution is 2.42. The molecular formula is C17H20N2O5. The summed E-state index contributed by atoms with van der Waals surface area (Å²) < 4.78 is 4.73. The third kappa shape index (κ3) is 2.45. The Morgan fingerprint density at radius 3 is 2.42 bits per heavy atom. The van der Waals surface area contributed by atoms with Crippen molar-refractivity contribution >= 4 is 17.8 Å². The lowest BCUT2D eigenvalue weighted by Gasteiger charge is -2.24. The molecule has 2 fully saturated rings. The Bertz CT molecular complexity index is 704. The van der Waals surface area contributed by atoms with E-state index in [9.17, 15) is 19.5 Å². The SMILES string of the molecule is COC(=O)c1ccccc1C(=O)N1C[C@@H]2CN(C)C[C@]2(C(=O)O)C1. The summed E-state index contributed by atoms with van der Waals surface area (Å²) in [6.07, 6.45) is 0. The number of carboxylic acids is 1. The molecule has 2 atom stereocenters. The molecule has 0 aliphatic carbocycles. The Kier molecular flexibility index (Phi) is 4.04. The maximum atomic E-state index is 12.9. The van der Waals surface area contributed by atoms with Crippen molar-refractivity contribution in [2.45, 2.75) is 0 Å². The van der Waals surface area contributed by atoms with Crippen molar-refractivity contribution in [3.8, 4) is 0 Å². The predicted octanol–water partition coefficient (Wildman–Crippen LogP) is 0.562. The number of benzene rings is 1. The fourth-order valence-electron chi connectivity index (χ4n) is 3.90. The van der Waals surface area contributed by atoms with E-state index in [1.807, 2.05) is 11.9 Å². The number of rotatable bonds is 3. The Hall–Kier alpha value is -2.41. The van der Waals surface area contributed by atoms with E-state index >= 15 is 0 Å². The summed E-state index contributed by atoms with van der Waals surface area (Å²) in [4.78, 5) is 40.1. The fourth-order valence-corrected chi connectivity index (χ4v) is 3.90. The number of aliphatic carboxylic acids is 1. The predicted molar refractivity (Wildman–Crippen MR) is 84.7 cm³/mol. The molecule has 2 aliphatic heterocycles. The van der Waals surface area contributed by atoms with Crippen LogP contribution in [0.3, 0.4) is 0 Å². The average molecular weight is 332 g/mol. The van der Waals surface area contributed by atoms with E-state index in [0.29, 0.717) is 19.6 Å². The summed E-state index contributed by atoms with van der Waals surface area (Å²) in [7, 11) is 3.15. The highest BCUT2D eigenvalue weighted by molar-refractivity contribution is 6.05. The van der Waals surface area contributed by atoms with Crippen LogP contribution in [0.25, 0.3) is 0 Å². The van der Waals surface area contributed by atoms with Crippen molar-refractivity contribution in [1.82, 2.24) is 9.80 Å². The van der Waals surface area contributed by atoms with Crippen LogP contribution in [-0.4, -0.2) is 73.1 Å². The zero-order chi connectivity index (χ0) is 17.5. The van der Waals surface area contributed by atoms with E-state index in [2.05, 4.69) is 0 Å². The number of hydrogen-bond acceptors (Lipinski definition) is 5. The van der Waals surface area contributed by atoms with Gasteiger partial charge in [0.15, 0.2) is 0 Å². The number of carbonyl (C=O) groups is 3. The Balaban J connectivity index is 1.89. The van der Waals surface area contributed by atoms with E-state index in [1.165, 1.54) is 13.2 Å². The minimum atomic E-state index is -0.926. The topological polar surface area (TPSA) is 87.2 Å². The van der Waals surface area contributed by atoms with Gasteiger partial charge in [-0.3, -0.25) is 9.59 Å². The van der Waals surface area contributed by atoms with Crippen LogP contribution in [0.5, 0.6) is 0 Å². The van der Waals surface area contributed by atoms with E-state index in [1.54, 1.807) is 23.1 Å². The van der Waals surface area contributed by atoms with Crippen molar-refractivity contribution < 1.29 is 24.2 Å². The number of fused-ring (bicyclic) bond motifs is 1. The fraction of sp³-hybridized carbons (Fsp3) is 0.471. The number of hydrogen-bond donors (Lipinski definition) is 1. The molecule has 2 saturated heterocycles. The van der Waals surface area contributed by atoms with Gasteiger partial charge < -0.3 is 19.6 Å². The normalized spacial score (nSPS) is 26.2. The van der Waals surface area contributed by atoms with E-state index in [-0.39, 0.29) is 29.5 Å². The van der Waals surface area contributed by atoms with Gasteiger partial charge in [-0.1, -0.05) is 12.1 Å². The second-order valence-electron chi connectivity index (χ2n) is 6.58. The molecular weight excluding hydrogens is 312 g/mol. The standard InChI is InChI=1S/C17H20N2O5/c1-18-7-11-8-19(10-17(11,9-18)16(22)23)14(20)12-5-3-4-6-13(12)15(21)24-2/h3-6,11H,7-10H2,1-2H3,(H,22,23)/t11-,17-/m0/s1. The highest BCUT2D eigenvalue weighted by Gasteiger charge is 2.57. The van der Waals surface area contributed by atoms with Crippen LogP contribution < -0.4 is 0 Å². The number of carbonyl (C=O) groups excluding carboxylic acids is 2. The molecule has 1 N–H and O–H groups in total. The van der Waals surface area contributed by atoms with Gasteiger partial charge in [-0.25, -0.2) is 4.79 Å². The molecule has 1 aromatic rings. The van der Waals surface area contributed by atoms with Crippen LogP contribution in [0.2, 0.25) is 0 Å². The molecule has 1 aromatic carbocycles. The molecule has 7 nitrogen and oxygen atoms in total. The van der Waals surface area contributed by atoms with Crippen molar-refractivity contribution in [3.05, 3.63) is 35.4 Å². The van der Waals surface area contributed by atoms with Gasteiger partial charge in [0.2, 0.25) is 0 Å². The second-order valence-corrected chi connectivity index (χ2v) is 6.58. The number of esters is 1. The number of nitrogens with zero attached hydrogens (tertiary/aromatic N) is 2. The number of methoxy groups -OCH3 is 1. The molecule has 0 aromatic heterocycles. The average Bonchev–Trinajstić information content (AvgIpc) is 3.07. The third-order valence-electron chi connectivity index (χ3n) is 5.06. The quantitative estimate of drug-likeness (QED) is 0.814. The van der Waals surface area contributed by atoms with Gasteiger partial charge in [-0.05, 0) is 19.2 Å². The van der Waals surface area contributed by atoms with Crippen LogP contribution in [0.1, 0.15) is 20.7 Å². The molecule has 1 amide bonds. The molecule has 0 unspecified atom stereocenters. The number of ether oxygens (including phenoxy) is 1. The summed E-state index contributed by atoms with van der Waals surface area (Å²) in [6.45, 7) is 1.61. The van der Waals surface area contributed by atoms with Gasteiger partial charge in [0.25, 0.3) is 5.91 Å². The Morgan fingerprint density at radius 2 is 1.83 bits per heavy atom. The zero-order valence-corrected chi connectivity index (χ0v) is 13.7. The van der Waals surface area contributed by atoms with Crippen molar-refractivity contribution in [2.75, 3.05) is 40.3 Å². The van der Waals surface area contributed by atoms with Crippen molar-refractivity contribution in [1.29, 1.82) is 0 Å². The zero-order valence-electron chi connectivity index (χ0n) is 13.7. The molecule has 0 bridgehead atoms. The summed E-state index contributed by atoms with van der Waals surface area (Å²) in [6, 6.07) is 6.45. The third-order valence-corrected chi connectivity index (χ3v) is 5.06. The maximum absolute atomic E-state index is 12.9. The van der Waals surface area contributed by atoms with E-state index in [0.717, 1.165) is 0 Å². The molecule has 24 heavy (non-hydrogen) atoms. The lowest BCUT2D eigenvalue weighted by Crippen LogP contribution is -2.41. The van der Waals surface area contributed by atoms with Crippen LogP contribution in [0.4, 0.5) is 0 Å². The van der Waals surface area contributed by atoms with Gasteiger partial charge in [-0.15, -0.1) is 0 Å². The van der Waals surface area contributed by atoms with E-state index < -0.39 is 17.4 Å². The Labute approximate surface area is 139 Å².